The summed E-state index contributed by atoms with van der Waals surface area (Å²) in [6.45, 7) is 1.81. The summed E-state index contributed by atoms with van der Waals surface area (Å²) in [5, 5.41) is 17.8. The van der Waals surface area contributed by atoms with E-state index in [0.717, 1.165) is 5.01 Å². The molecule has 0 aliphatic heterocycles. The molecule has 0 amide bonds. The summed E-state index contributed by atoms with van der Waals surface area (Å²) in [7, 11) is 0. The molecule has 0 bridgehead atoms. The highest BCUT2D eigenvalue weighted by Gasteiger charge is 2.06. The van der Waals surface area contributed by atoms with E-state index < -0.39 is 5.97 Å². The van der Waals surface area contributed by atoms with Crippen molar-refractivity contribution in [1.29, 1.82) is 5.26 Å². The van der Waals surface area contributed by atoms with Gasteiger partial charge in [0.25, 0.3) is 0 Å². The molecule has 1 N–H and O–H groups in total. The van der Waals surface area contributed by atoms with Gasteiger partial charge < -0.3 is 5.11 Å². The van der Waals surface area contributed by atoms with E-state index in [-0.39, 0.29) is 5.57 Å². The van der Waals surface area contributed by atoms with Crippen LogP contribution in [-0.2, 0) is 4.79 Å². The van der Waals surface area contributed by atoms with Gasteiger partial charge in [-0.25, -0.2) is 9.78 Å². The zero-order chi connectivity index (χ0) is 9.84. The van der Waals surface area contributed by atoms with Gasteiger partial charge in [-0.15, -0.1) is 11.3 Å². The number of nitriles is 1. The molecule has 1 aromatic rings. The van der Waals surface area contributed by atoms with Crippen LogP contribution in [0.15, 0.2) is 11.8 Å². The van der Waals surface area contributed by atoms with Gasteiger partial charge in [-0.1, -0.05) is 0 Å². The van der Waals surface area contributed by atoms with Crippen molar-refractivity contribution in [2.24, 2.45) is 0 Å². The Hall–Kier alpha value is -1.67. The van der Waals surface area contributed by atoms with Crippen molar-refractivity contribution in [3.63, 3.8) is 0 Å². The Balaban J connectivity index is 3.00. The zero-order valence-corrected chi connectivity index (χ0v) is 7.63. The van der Waals surface area contributed by atoms with Crippen LogP contribution in [0.4, 0.5) is 0 Å². The highest BCUT2D eigenvalue weighted by atomic mass is 32.1. The van der Waals surface area contributed by atoms with Crippen LogP contribution in [0.3, 0.4) is 0 Å². The molecule has 66 valence electrons. The second kappa shape index (κ2) is 3.83. The van der Waals surface area contributed by atoms with Crippen LogP contribution in [-0.4, -0.2) is 16.1 Å². The average Bonchev–Trinajstić information content (AvgIpc) is 2.46. The Morgan fingerprint density at radius 3 is 2.92 bits per heavy atom. The maximum Gasteiger partial charge on any atom is 0.346 e. The molecule has 0 saturated heterocycles. The highest BCUT2D eigenvalue weighted by molar-refractivity contribution is 7.12. The monoisotopic (exact) mass is 194 g/mol. The summed E-state index contributed by atoms with van der Waals surface area (Å²) in [5.74, 6) is -1.21. The second-order valence-electron chi connectivity index (χ2n) is 2.26. The predicted molar refractivity (Wildman–Crippen MR) is 48.1 cm³/mol. The molecule has 1 aromatic heterocycles. The number of aliphatic carboxylic acids is 1. The molecule has 0 aliphatic carbocycles. The molecular weight excluding hydrogens is 188 g/mol. The Morgan fingerprint density at radius 1 is 1.85 bits per heavy atom. The van der Waals surface area contributed by atoms with E-state index in [0.29, 0.717) is 4.88 Å². The molecule has 13 heavy (non-hydrogen) atoms. The van der Waals surface area contributed by atoms with E-state index in [2.05, 4.69) is 4.98 Å². The minimum Gasteiger partial charge on any atom is -0.477 e. The standard InChI is InChI=1S/C8H6N2O2S/c1-5-10-4-7(13-5)2-6(3-9)8(11)12/h2,4H,1H3,(H,11,12). The minimum absolute atomic E-state index is 0.274. The first-order chi connectivity index (χ1) is 6.13. The molecule has 4 nitrogen and oxygen atoms in total. The van der Waals surface area contributed by atoms with Crippen molar-refractivity contribution >= 4 is 23.4 Å². The molecule has 0 unspecified atom stereocenters. The van der Waals surface area contributed by atoms with Gasteiger partial charge >= 0.3 is 5.97 Å². The summed E-state index contributed by atoms with van der Waals surface area (Å²) in [4.78, 5) is 15.0. The lowest BCUT2D eigenvalue weighted by atomic mass is 10.2. The molecule has 0 aliphatic rings. The van der Waals surface area contributed by atoms with Crippen LogP contribution < -0.4 is 0 Å². The first kappa shape index (κ1) is 9.42. The van der Waals surface area contributed by atoms with Gasteiger partial charge in [-0.05, 0) is 13.0 Å². The average molecular weight is 194 g/mol. The highest BCUT2D eigenvalue weighted by Crippen LogP contribution is 2.15. The number of carboxylic acids is 1. The number of thiazole rings is 1. The van der Waals surface area contributed by atoms with E-state index in [9.17, 15) is 4.79 Å². The lowest BCUT2D eigenvalue weighted by Gasteiger charge is -1.86. The second-order valence-corrected chi connectivity index (χ2v) is 3.52. The van der Waals surface area contributed by atoms with Crippen LogP contribution in [0.2, 0.25) is 0 Å². The van der Waals surface area contributed by atoms with Crippen LogP contribution >= 0.6 is 11.3 Å². The van der Waals surface area contributed by atoms with Crippen molar-refractivity contribution in [3.8, 4) is 6.07 Å². The van der Waals surface area contributed by atoms with Crippen LogP contribution in [0.1, 0.15) is 9.88 Å². The number of aryl methyl sites for hydroxylation is 1. The van der Waals surface area contributed by atoms with E-state index >= 15 is 0 Å². The van der Waals surface area contributed by atoms with Gasteiger partial charge in [-0.2, -0.15) is 5.26 Å². The van der Waals surface area contributed by atoms with Gasteiger partial charge in [0.1, 0.15) is 11.6 Å². The van der Waals surface area contributed by atoms with E-state index in [1.54, 1.807) is 12.3 Å². The number of carboxylic acid groups (broad SMARTS) is 1. The van der Waals surface area contributed by atoms with Crippen molar-refractivity contribution in [2.45, 2.75) is 6.92 Å². The molecule has 0 saturated carbocycles. The molecule has 0 spiro atoms. The number of carbonyl (C=O) groups is 1. The maximum absolute atomic E-state index is 10.4. The number of nitrogens with zero attached hydrogens (tertiary/aromatic N) is 2. The fourth-order valence-electron chi connectivity index (χ4n) is 0.729. The maximum atomic E-state index is 10.4. The first-order valence-electron chi connectivity index (χ1n) is 3.41. The minimum atomic E-state index is -1.21. The topological polar surface area (TPSA) is 74.0 Å². The third-order valence-corrected chi connectivity index (χ3v) is 2.14. The quantitative estimate of drug-likeness (QED) is 0.571. The molecule has 5 heteroatoms. The lowest BCUT2D eigenvalue weighted by molar-refractivity contribution is -0.132. The number of rotatable bonds is 2. The van der Waals surface area contributed by atoms with Gasteiger partial charge in [0.15, 0.2) is 0 Å². The molecule has 1 rings (SSSR count). The smallest absolute Gasteiger partial charge is 0.346 e. The Bertz CT molecular complexity index is 401. The van der Waals surface area contributed by atoms with Crippen LogP contribution in [0.25, 0.3) is 6.08 Å². The Labute approximate surface area is 78.8 Å². The largest absolute Gasteiger partial charge is 0.477 e. The molecule has 0 fully saturated rings. The molecule has 1 heterocycles. The van der Waals surface area contributed by atoms with Crippen LogP contribution in [0.5, 0.6) is 0 Å². The fourth-order valence-corrected chi connectivity index (χ4v) is 1.46. The van der Waals surface area contributed by atoms with E-state index in [1.165, 1.54) is 17.4 Å². The molecule has 0 radical (unpaired) electrons. The van der Waals surface area contributed by atoms with Gasteiger partial charge in [-0.3, -0.25) is 0 Å². The van der Waals surface area contributed by atoms with Crippen molar-refractivity contribution in [3.05, 3.63) is 21.7 Å². The van der Waals surface area contributed by atoms with E-state index in [1.807, 2.05) is 6.92 Å². The third kappa shape index (κ3) is 2.39. The summed E-state index contributed by atoms with van der Waals surface area (Å²) >= 11 is 1.35. The number of hydrogen-bond donors (Lipinski definition) is 1. The summed E-state index contributed by atoms with van der Waals surface area (Å²) < 4.78 is 0. The summed E-state index contributed by atoms with van der Waals surface area (Å²) in [6, 6.07) is 1.60. The van der Waals surface area contributed by atoms with Gasteiger partial charge in [0.05, 0.1) is 5.01 Å². The van der Waals surface area contributed by atoms with Crippen LogP contribution in [0, 0.1) is 18.3 Å². The Kier molecular flexibility index (Phi) is 2.77. The van der Waals surface area contributed by atoms with E-state index in [4.69, 9.17) is 10.4 Å². The van der Waals surface area contributed by atoms with Gasteiger partial charge in [0.2, 0.25) is 0 Å². The molecule has 0 atom stereocenters. The zero-order valence-electron chi connectivity index (χ0n) is 6.81. The number of hydrogen-bond acceptors (Lipinski definition) is 4. The molecule has 0 aromatic carbocycles. The van der Waals surface area contributed by atoms with Crippen molar-refractivity contribution < 1.29 is 9.90 Å². The third-order valence-electron chi connectivity index (χ3n) is 1.28. The number of aromatic nitrogens is 1. The first-order valence-corrected chi connectivity index (χ1v) is 4.22. The summed E-state index contributed by atoms with van der Waals surface area (Å²) in [6.07, 6.45) is 2.85. The fraction of sp³-hybridized carbons (Fsp3) is 0.125. The SMILES string of the molecule is Cc1ncc(C=C(C#N)C(=O)O)s1. The molecular formula is C8H6N2O2S. The van der Waals surface area contributed by atoms with Crippen molar-refractivity contribution in [1.82, 2.24) is 4.98 Å². The summed E-state index contributed by atoms with van der Waals surface area (Å²) in [5.41, 5.74) is -0.274. The normalized spacial score (nSPS) is 10.9. The van der Waals surface area contributed by atoms with Gasteiger partial charge in [0, 0.05) is 11.1 Å². The Morgan fingerprint density at radius 2 is 2.54 bits per heavy atom. The lowest BCUT2D eigenvalue weighted by Crippen LogP contribution is -1.96. The van der Waals surface area contributed by atoms with Crippen molar-refractivity contribution in [2.75, 3.05) is 0 Å². The predicted octanol–water partition coefficient (Wildman–Crippen LogP) is 1.44.